The van der Waals surface area contributed by atoms with Crippen molar-refractivity contribution in [3.8, 4) is 0 Å². The first-order valence-electron chi connectivity index (χ1n) is 5.23. The van der Waals surface area contributed by atoms with Gasteiger partial charge in [0.15, 0.2) is 0 Å². The van der Waals surface area contributed by atoms with Gasteiger partial charge in [-0.2, -0.15) is 4.21 Å². The van der Waals surface area contributed by atoms with Gasteiger partial charge in [-0.3, -0.25) is 0 Å². The van der Waals surface area contributed by atoms with Crippen LogP contribution in [-0.2, 0) is 25.5 Å². The second-order valence-electron chi connectivity index (χ2n) is 3.72. The molecular weight excluding hydrogens is 236 g/mol. The molecule has 1 fully saturated rings. The van der Waals surface area contributed by atoms with Crippen LogP contribution in [0, 0.1) is 0 Å². The van der Waals surface area contributed by atoms with E-state index in [4.69, 9.17) is 8.37 Å². The fourth-order valence-electron chi connectivity index (χ4n) is 1.87. The van der Waals surface area contributed by atoms with Gasteiger partial charge >= 0.3 is 11.4 Å². The molecule has 0 amide bonds. The first kappa shape index (κ1) is 10.7. The minimum atomic E-state index is -1.66. The van der Waals surface area contributed by atoms with E-state index >= 15 is 0 Å². The van der Waals surface area contributed by atoms with E-state index < -0.39 is 17.1 Å². The molecule has 0 aromatic heterocycles. The van der Waals surface area contributed by atoms with Crippen LogP contribution >= 0.6 is 0 Å². The SMILES string of the molecule is O=S1OC(c2ccccc2)(c2ccccc2)O1. The normalized spacial score (nSPS) is 18.6. The van der Waals surface area contributed by atoms with E-state index in [0.717, 1.165) is 11.1 Å². The van der Waals surface area contributed by atoms with Crippen molar-refractivity contribution >= 4 is 11.4 Å². The first-order valence-corrected chi connectivity index (χ1v) is 6.23. The van der Waals surface area contributed by atoms with Crippen LogP contribution in [0.3, 0.4) is 0 Å². The molecule has 4 heteroatoms. The molecule has 3 rings (SSSR count). The van der Waals surface area contributed by atoms with Gasteiger partial charge in [-0.1, -0.05) is 60.7 Å². The Kier molecular flexibility index (Phi) is 2.55. The van der Waals surface area contributed by atoms with Crippen LogP contribution in [0.5, 0.6) is 0 Å². The van der Waals surface area contributed by atoms with Gasteiger partial charge in [-0.15, -0.1) is 0 Å². The summed E-state index contributed by atoms with van der Waals surface area (Å²) >= 11 is -1.66. The molecule has 1 heterocycles. The molecule has 1 aliphatic heterocycles. The summed E-state index contributed by atoms with van der Waals surface area (Å²) in [6, 6.07) is 19.0. The predicted molar refractivity (Wildman–Crippen MR) is 64.0 cm³/mol. The highest BCUT2D eigenvalue weighted by molar-refractivity contribution is 7.76. The van der Waals surface area contributed by atoms with Crippen molar-refractivity contribution in [1.82, 2.24) is 0 Å². The molecule has 0 radical (unpaired) electrons. The smallest absolute Gasteiger partial charge is 0.223 e. The van der Waals surface area contributed by atoms with Crippen LogP contribution in [0.25, 0.3) is 0 Å². The summed E-state index contributed by atoms with van der Waals surface area (Å²) in [5.41, 5.74) is 1.68. The van der Waals surface area contributed by atoms with E-state index in [2.05, 4.69) is 0 Å². The van der Waals surface area contributed by atoms with Crippen molar-refractivity contribution in [2.45, 2.75) is 5.79 Å². The van der Waals surface area contributed by atoms with Gasteiger partial charge in [-0.05, 0) is 0 Å². The fourth-order valence-corrected chi connectivity index (χ4v) is 2.65. The molecule has 0 spiro atoms. The fraction of sp³-hybridized carbons (Fsp3) is 0.0769. The largest absolute Gasteiger partial charge is 0.311 e. The Hall–Kier alpha value is -1.49. The highest BCUT2D eigenvalue weighted by atomic mass is 32.2. The van der Waals surface area contributed by atoms with Crippen LogP contribution < -0.4 is 0 Å². The third-order valence-electron chi connectivity index (χ3n) is 2.68. The number of benzene rings is 2. The van der Waals surface area contributed by atoms with Crippen molar-refractivity contribution in [2.75, 3.05) is 0 Å². The molecule has 0 unspecified atom stereocenters. The maximum absolute atomic E-state index is 11.1. The summed E-state index contributed by atoms with van der Waals surface area (Å²) in [5, 5.41) is 0. The molecule has 2 aromatic rings. The maximum atomic E-state index is 11.1. The van der Waals surface area contributed by atoms with E-state index in [9.17, 15) is 4.21 Å². The van der Waals surface area contributed by atoms with Gasteiger partial charge in [0.05, 0.1) is 0 Å². The van der Waals surface area contributed by atoms with Gasteiger partial charge in [0.2, 0.25) is 0 Å². The van der Waals surface area contributed by atoms with E-state index in [-0.39, 0.29) is 0 Å². The lowest BCUT2D eigenvalue weighted by atomic mass is 9.98. The van der Waals surface area contributed by atoms with Crippen LogP contribution in [0.15, 0.2) is 60.7 Å². The second-order valence-corrected chi connectivity index (χ2v) is 4.46. The number of rotatable bonds is 2. The summed E-state index contributed by atoms with van der Waals surface area (Å²) < 4.78 is 21.8. The Morgan fingerprint density at radius 3 is 1.53 bits per heavy atom. The highest BCUT2D eigenvalue weighted by Crippen LogP contribution is 2.43. The van der Waals surface area contributed by atoms with E-state index in [0.29, 0.717) is 0 Å². The van der Waals surface area contributed by atoms with Crippen LogP contribution in [0.2, 0.25) is 0 Å². The molecule has 0 N–H and O–H groups in total. The van der Waals surface area contributed by atoms with Gasteiger partial charge in [-0.25, -0.2) is 8.37 Å². The molecular formula is C13H10O3S. The Labute approximate surface area is 102 Å². The molecule has 1 aliphatic rings. The molecule has 0 atom stereocenters. The Morgan fingerprint density at radius 1 is 0.765 bits per heavy atom. The molecule has 1 saturated heterocycles. The van der Waals surface area contributed by atoms with Gasteiger partial charge in [0.25, 0.3) is 5.79 Å². The zero-order valence-corrected chi connectivity index (χ0v) is 9.72. The van der Waals surface area contributed by atoms with E-state index in [1.807, 2.05) is 60.7 Å². The first-order chi connectivity index (χ1) is 8.31. The van der Waals surface area contributed by atoms with Gasteiger partial charge in [0.1, 0.15) is 0 Å². The van der Waals surface area contributed by atoms with Gasteiger partial charge in [0, 0.05) is 11.1 Å². The minimum Gasteiger partial charge on any atom is -0.223 e. The summed E-state index contributed by atoms with van der Waals surface area (Å²) in [6.07, 6.45) is 0. The topological polar surface area (TPSA) is 35.5 Å². The molecule has 0 bridgehead atoms. The Balaban J connectivity index is 2.09. The molecule has 17 heavy (non-hydrogen) atoms. The second kappa shape index (κ2) is 4.07. The summed E-state index contributed by atoms with van der Waals surface area (Å²) in [4.78, 5) is 0. The number of hydrogen-bond acceptors (Lipinski definition) is 3. The zero-order chi connectivity index (χ0) is 11.7. The monoisotopic (exact) mass is 246 g/mol. The summed E-state index contributed by atoms with van der Waals surface area (Å²) in [6.45, 7) is 0. The van der Waals surface area contributed by atoms with Crippen molar-refractivity contribution in [3.05, 3.63) is 71.8 Å². The summed E-state index contributed by atoms with van der Waals surface area (Å²) in [5.74, 6) is -1.02. The van der Waals surface area contributed by atoms with Crippen molar-refractivity contribution in [2.24, 2.45) is 0 Å². The quantitative estimate of drug-likeness (QED) is 0.816. The molecule has 3 nitrogen and oxygen atoms in total. The van der Waals surface area contributed by atoms with E-state index in [1.54, 1.807) is 0 Å². The third-order valence-corrected chi connectivity index (χ3v) is 3.42. The van der Waals surface area contributed by atoms with E-state index in [1.165, 1.54) is 0 Å². The van der Waals surface area contributed by atoms with Crippen LogP contribution in [0.1, 0.15) is 11.1 Å². The van der Waals surface area contributed by atoms with Gasteiger partial charge < -0.3 is 0 Å². The molecule has 86 valence electrons. The highest BCUT2D eigenvalue weighted by Gasteiger charge is 2.50. The standard InChI is InChI=1S/C13H10O3S/c14-17-15-13(16-17,11-7-3-1-4-8-11)12-9-5-2-6-10-12/h1-10H. The lowest BCUT2D eigenvalue weighted by Crippen LogP contribution is -2.45. The third kappa shape index (κ3) is 1.70. The van der Waals surface area contributed by atoms with Crippen molar-refractivity contribution in [3.63, 3.8) is 0 Å². The Bertz CT molecular complexity index is 490. The average molecular weight is 246 g/mol. The molecule has 0 saturated carbocycles. The molecule has 2 aromatic carbocycles. The minimum absolute atomic E-state index is 0.839. The number of hydrogen-bond donors (Lipinski definition) is 0. The zero-order valence-electron chi connectivity index (χ0n) is 8.91. The van der Waals surface area contributed by atoms with Crippen LogP contribution in [-0.4, -0.2) is 4.21 Å². The average Bonchev–Trinajstić information content (AvgIpc) is 2.37. The maximum Gasteiger partial charge on any atom is 0.311 e. The molecule has 0 aliphatic carbocycles. The van der Waals surface area contributed by atoms with Crippen molar-refractivity contribution in [1.29, 1.82) is 0 Å². The lowest BCUT2D eigenvalue weighted by molar-refractivity contribution is -0.148. The summed E-state index contributed by atoms with van der Waals surface area (Å²) in [7, 11) is 0. The van der Waals surface area contributed by atoms with Crippen LogP contribution in [0.4, 0.5) is 0 Å². The predicted octanol–water partition coefficient (Wildman–Crippen LogP) is 2.51. The lowest BCUT2D eigenvalue weighted by Gasteiger charge is -2.38. The van der Waals surface area contributed by atoms with Crippen molar-refractivity contribution < 1.29 is 12.6 Å². The Morgan fingerprint density at radius 2 is 1.18 bits per heavy atom.